The molecule has 0 unspecified atom stereocenters. The van der Waals surface area contributed by atoms with Crippen molar-refractivity contribution in [1.82, 2.24) is 29.1 Å². The van der Waals surface area contributed by atoms with Crippen LogP contribution in [0.1, 0.15) is 25.0 Å². The van der Waals surface area contributed by atoms with E-state index in [1.165, 1.54) is 22.3 Å². The Labute approximate surface area is 305 Å². The largest absolute Gasteiger partial charge is 0.293 e. The zero-order chi connectivity index (χ0) is 35.3. The summed E-state index contributed by atoms with van der Waals surface area (Å²) in [6, 6.07) is 53.2. The molecule has 0 fully saturated rings. The molecule has 10 aromatic rings. The van der Waals surface area contributed by atoms with Crippen molar-refractivity contribution < 1.29 is 0 Å². The fourth-order valence-electron chi connectivity index (χ4n) is 8.78. The van der Waals surface area contributed by atoms with Gasteiger partial charge in [0.1, 0.15) is 5.65 Å². The first-order valence-corrected chi connectivity index (χ1v) is 18.0. The van der Waals surface area contributed by atoms with Gasteiger partial charge in [-0.1, -0.05) is 123 Å². The molecule has 4 heterocycles. The molecular weight excluding hydrogens is 649 g/mol. The van der Waals surface area contributed by atoms with Crippen LogP contribution in [0.15, 0.2) is 158 Å². The smallest absolute Gasteiger partial charge is 0.238 e. The molecule has 0 saturated heterocycles. The quantitative estimate of drug-likeness (QED) is 0.186. The Bertz CT molecular complexity index is 3000. The van der Waals surface area contributed by atoms with Crippen LogP contribution in [0.3, 0.4) is 0 Å². The van der Waals surface area contributed by atoms with E-state index in [1.807, 2.05) is 12.3 Å². The molecule has 250 valence electrons. The van der Waals surface area contributed by atoms with Gasteiger partial charge in [0.25, 0.3) is 0 Å². The number of aromatic nitrogens is 6. The van der Waals surface area contributed by atoms with E-state index in [9.17, 15) is 0 Å². The minimum atomic E-state index is -0.255. The molecule has 0 aliphatic heterocycles. The van der Waals surface area contributed by atoms with E-state index < -0.39 is 0 Å². The summed E-state index contributed by atoms with van der Waals surface area (Å²) in [5.41, 5.74) is 11.7. The summed E-state index contributed by atoms with van der Waals surface area (Å²) in [4.78, 5) is 21.1. The number of benzene rings is 6. The fourth-order valence-corrected chi connectivity index (χ4v) is 8.78. The molecule has 0 bridgehead atoms. The standard InChI is InChI=1S/C47H32N6/c1-47(2)37-23-8-3-15-29(37)33-20-13-21-36(42(33)47)44-49-43(50-46(51-44)53-39-25-10-4-16-30(39)31-17-5-11-26-40(31)53)35-19-7-12-27-41(35)52-38-24-9-6-18-32(38)34-22-14-28-48-45(34)52/h3-28H,1-2H3. The van der Waals surface area contributed by atoms with E-state index >= 15 is 0 Å². The summed E-state index contributed by atoms with van der Waals surface area (Å²) in [7, 11) is 0. The molecule has 0 saturated carbocycles. The molecule has 0 radical (unpaired) electrons. The molecule has 1 aliphatic rings. The first-order chi connectivity index (χ1) is 26.1. The van der Waals surface area contributed by atoms with Crippen LogP contribution in [0.25, 0.3) is 89.3 Å². The van der Waals surface area contributed by atoms with E-state index in [0.29, 0.717) is 17.6 Å². The first-order valence-electron chi connectivity index (χ1n) is 18.0. The maximum absolute atomic E-state index is 5.41. The van der Waals surface area contributed by atoms with Gasteiger partial charge in [0.2, 0.25) is 5.95 Å². The van der Waals surface area contributed by atoms with Gasteiger partial charge in [0.05, 0.1) is 22.2 Å². The summed E-state index contributed by atoms with van der Waals surface area (Å²) in [5, 5.41) is 4.55. The highest BCUT2D eigenvalue weighted by atomic mass is 15.2. The predicted octanol–water partition coefficient (Wildman–Crippen LogP) is 11.1. The topological polar surface area (TPSA) is 61.4 Å². The van der Waals surface area contributed by atoms with Gasteiger partial charge in [-0.25, -0.2) is 9.97 Å². The molecule has 4 aromatic heterocycles. The highest BCUT2D eigenvalue weighted by Gasteiger charge is 2.38. The lowest BCUT2D eigenvalue weighted by Gasteiger charge is -2.24. The Morgan fingerprint density at radius 2 is 0.962 bits per heavy atom. The third-order valence-corrected chi connectivity index (χ3v) is 11.0. The molecule has 1 aliphatic carbocycles. The lowest BCUT2D eigenvalue weighted by atomic mass is 9.80. The second-order valence-electron chi connectivity index (χ2n) is 14.3. The van der Waals surface area contributed by atoms with Crippen LogP contribution >= 0.6 is 0 Å². The molecule has 0 atom stereocenters. The van der Waals surface area contributed by atoms with Crippen molar-refractivity contribution in [2.75, 3.05) is 0 Å². The molecule has 53 heavy (non-hydrogen) atoms. The average Bonchev–Trinajstić information content (AvgIpc) is 3.81. The summed E-state index contributed by atoms with van der Waals surface area (Å²) < 4.78 is 4.43. The Balaban J connectivity index is 1.24. The van der Waals surface area contributed by atoms with Gasteiger partial charge in [0.15, 0.2) is 11.6 Å². The van der Waals surface area contributed by atoms with E-state index in [1.54, 1.807) is 0 Å². The highest BCUT2D eigenvalue weighted by molar-refractivity contribution is 6.09. The minimum absolute atomic E-state index is 0.255. The average molecular weight is 681 g/mol. The fraction of sp³-hybridized carbons (Fsp3) is 0.0638. The van der Waals surface area contributed by atoms with Crippen molar-refractivity contribution in [3.8, 4) is 45.5 Å². The maximum atomic E-state index is 5.41. The van der Waals surface area contributed by atoms with Crippen LogP contribution < -0.4 is 0 Å². The monoisotopic (exact) mass is 680 g/mol. The molecule has 11 rings (SSSR count). The Morgan fingerprint density at radius 3 is 1.70 bits per heavy atom. The van der Waals surface area contributed by atoms with Gasteiger partial charge >= 0.3 is 0 Å². The molecular formula is C47H32N6. The van der Waals surface area contributed by atoms with Crippen LogP contribution in [-0.2, 0) is 5.41 Å². The van der Waals surface area contributed by atoms with Gasteiger partial charge in [-0.3, -0.25) is 9.13 Å². The van der Waals surface area contributed by atoms with Gasteiger partial charge in [-0.2, -0.15) is 9.97 Å². The van der Waals surface area contributed by atoms with Gasteiger partial charge in [-0.05, 0) is 64.7 Å². The number of pyridine rings is 1. The second kappa shape index (κ2) is 11.0. The van der Waals surface area contributed by atoms with Gasteiger partial charge < -0.3 is 0 Å². The molecule has 0 N–H and O–H groups in total. The van der Waals surface area contributed by atoms with Crippen LogP contribution in [0.2, 0.25) is 0 Å². The van der Waals surface area contributed by atoms with Crippen LogP contribution in [0, 0.1) is 0 Å². The molecule has 0 amide bonds. The van der Waals surface area contributed by atoms with Crippen molar-refractivity contribution in [3.05, 3.63) is 169 Å². The minimum Gasteiger partial charge on any atom is -0.293 e. The highest BCUT2D eigenvalue weighted by Crippen LogP contribution is 2.52. The number of para-hydroxylation sites is 4. The number of hydrogen-bond acceptors (Lipinski definition) is 4. The van der Waals surface area contributed by atoms with Gasteiger partial charge in [0, 0.05) is 44.3 Å². The Kier molecular flexibility index (Phi) is 6.20. The second-order valence-corrected chi connectivity index (χ2v) is 14.3. The lowest BCUT2D eigenvalue weighted by Crippen LogP contribution is -2.17. The number of rotatable bonds is 4. The van der Waals surface area contributed by atoms with Crippen molar-refractivity contribution in [2.24, 2.45) is 0 Å². The Morgan fingerprint density at radius 1 is 0.434 bits per heavy atom. The number of hydrogen-bond donors (Lipinski definition) is 0. The maximum Gasteiger partial charge on any atom is 0.238 e. The van der Waals surface area contributed by atoms with E-state index in [2.05, 4.69) is 169 Å². The summed E-state index contributed by atoms with van der Waals surface area (Å²) >= 11 is 0. The predicted molar refractivity (Wildman–Crippen MR) is 215 cm³/mol. The third-order valence-electron chi connectivity index (χ3n) is 11.0. The third kappa shape index (κ3) is 4.20. The van der Waals surface area contributed by atoms with E-state index in [0.717, 1.165) is 60.6 Å². The van der Waals surface area contributed by atoms with Gasteiger partial charge in [-0.15, -0.1) is 0 Å². The van der Waals surface area contributed by atoms with Crippen molar-refractivity contribution >= 4 is 43.7 Å². The number of nitrogens with zero attached hydrogens (tertiary/aromatic N) is 6. The zero-order valence-electron chi connectivity index (χ0n) is 29.2. The van der Waals surface area contributed by atoms with Crippen LogP contribution in [-0.4, -0.2) is 29.1 Å². The lowest BCUT2D eigenvalue weighted by molar-refractivity contribution is 0.661. The SMILES string of the molecule is CC1(C)c2ccccc2-c2cccc(-c3nc(-c4ccccc4-n4c5ccccc5c5cccnc54)nc(-n4c5ccccc5c5ccccc54)n3)c21. The van der Waals surface area contributed by atoms with Crippen LogP contribution in [0.5, 0.6) is 0 Å². The van der Waals surface area contributed by atoms with Crippen molar-refractivity contribution in [1.29, 1.82) is 0 Å². The molecule has 6 nitrogen and oxygen atoms in total. The summed E-state index contributed by atoms with van der Waals surface area (Å²) in [6.07, 6.45) is 1.86. The summed E-state index contributed by atoms with van der Waals surface area (Å²) in [6.45, 7) is 4.61. The van der Waals surface area contributed by atoms with Crippen molar-refractivity contribution in [3.63, 3.8) is 0 Å². The van der Waals surface area contributed by atoms with E-state index in [4.69, 9.17) is 19.9 Å². The first kappa shape index (κ1) is 29.8. The van der Waals surface area contributed by atoms with Crippen molar-refractivity contribution in [2.45, 2.75) is 19.3 Å². The molecule has 0 spiro atoms. The molecule has 6 aromatic carbocycles. The molecule has 6 heteroatoms. The van der Waals surface area contributed by atoms with E-state index in [-0.39, 0.29) is 5.41 Å². The Hall–Kier alpha value is -6.92. The van der Waals surface area contributed by atoms with Crippen LogP contribution in [0.4, 0.5) is 0 Å². The zero-order valence-corrected chi connectivity index (χ0v) is 29.2. The number of fused-ring (bicyclic) bond motifs is 9. The normalized spacial score (nSPS) is 13.2. The summed E-state index contributed by atoms with van der Waals surface area (Å²) in [5.74, 6) is 1.80.